The van der Waals surface area contributed by atoms with E-state index in [0.717, 1.165) is 6.54 Å². The van der Waals surface area contributed by atoms with Crippen molar-refractivity contribution in [1.29, 1.82) is 0 Å². The number of nitrogens with one attached hydrogen (secondary N) is 1. The second-order valence-electron chi connectivity index (χ2n) is 3.82. The summed E-state index contributed by atoms with van der Waals surface area (Å²) in [7, 11) is 1.65. The monoisotopic (exact) mass is 339 g/mol. The zero-order valence-corrected chi connectivity index (χ0v) is 12.6. The van der Waals surface area contributed by atoms with Crippen molar-refractivity contribution < 1.29 is 13.9 Å². The first-order valence-corrected chi connectivity index (χ1v) is 6.72. The molecule has 0 saturated carbocycles. The Hall–Kier alpha value is -0.360. The van der Waals surface area contributed by atoms with E-state index in [0.29, 0.717) is 23.4 Å². The molecule has 0 amide bonds. The average molecular weight is 341 g/mol. The molecule has 1 N–H and O–H groups in total. The van der Waals surface area contributed by atoms with Crippen molar-refractivity contribution in [3.8, 4) is 5.75 Å². The number of methoxy groups -OCH3 is 1. The zero-order valence-electron chi connectivity index (χ0n) is 10.3. The highest BCUT2D eigenvalue weighted by Gasteiger charge is 2.11. The number of hydrogen-bond acceptors (Lipinski definition) is 3. The number of benzene rings is 1. The van der Waals surface area contributed by atoms with Crippen LogP contribution < -0.4 is 10.1 Å². The van der Waals surface area contributed by atoms with Crippen LogP contribution in [-0.2, 0) is 4.74 Å². The zero-order chi connectivity index (χ0) is 13.5. The summed E-state index contributed by atoms with van der Waals surface area (Å²) in [4.78, 5) is 0. The van der Waals surface area contributed by atoms with Crippen LogP contribution in [0.3, 0.4) is 0 Å². The summed E-state index contributed by atoms with van der Waals surface area (Å²) in [6.07, 6.45) is -0.0845. The lowest BCUT2D eigenvalue weighted by molar-refractivity contribution is 0.183. The molecule has 3 nitrogen and oxygen atoms in total. The average Bonchev–Trinajstić information content (AvgIpc) is 2.32. The Labute approximate surface area is 120 Å². The molecular formula is C12H16BrClFNO2. The molecule has 1 aromatic rings. The molecule has 0 aliphatic carbocycles. The van der Waals surface area contributed by atoms with Gasteiger partial charge < -0.3 is 14.8 Å². The van der Waals surface area contributed by atoms with Crippen LogP contribution in [0.15, 0.2) is 16.6 Å². The van der Waals surface area contributed by atoms with Crippen molar-refractivity contribution in [3.05, 3.63) is 27.4 Å². The van der Waals surface area contributed by atoms with E-state index in [9.17, 15) is 4.39 Å². The Morgan fingerprint density at radius 3 is 2.89 bits per heavy atom. The van der Waals surface area contributed by atoms with Gasteiger partial charge in [-0.2, -0.15) is 0 Å². The second kappa shape index (κ2) is 7.94. The largest absolute Gasteiger partial charge is 0.488 e. The van der Waals surface area contributed by atoms with E-state index in [-0.39, 0.29) is 11.1 Å². The molecule has 6 heteroatoms. The van der Waals surface area contributed by atoms with Crippen molar-refractivity contribution in [3.63, 3.8) is 0 Å². The molecule has 0 aromatic heterocycles. The summed E-state index contributed by atoms with van der Waals surface area (Å²) in [6.45, 7) is 3.95. The van der Waals surface area contributed by atoms with E-state index in [1.807, 2.05) is 6.92 Å². The van der Waals surface area contributed by atoms with Gasteiger partial charge in [-0.3, -0.25) is 0 Å². The van der Waals surface area contributed by atoms with Crippen molar-refractivity contribution in [2.45, 2.75) is 13.0 Å². The Morgan fingerprint density at radius 1 is 1.50 bits per heavy atom. The SMILES string of the molecule is COCCNCC(C)Oc1cc(F)c(Cl)cc1Br. The molecule has 1 atom stereocenters. The molecule has 0 fully saturated rings. The van der Waals surface area contributed by atoms with Crippen molar-refractivity contribution in [2.24, 2.45) is 0 Å². The minimum absolute atomic E-state index is 0.0695. The van der Waals surface area contributed by atoms with Crippen molar-refractivity contribution in [2.75, 3.05) is 26.8 Å². The number of ether oxygens (including phenoxy) is 2. The summed E-state index contributed by atoms with van der Waals surface area (Å²) in [5.74, 6) is -0.0487. The molecule has 102 valence electrons. The summed E-state index contributed by atoms with van der Waals surface area (Å²) >= 11 is 8.94. The molecular weight excluding hydrogens is 324 g/mol. The van der Waals surface area contributed by atoms with Gasteiger partial charge in [0.05, 0.1) is 16.1 Å². The third kappa shape index (κ3) is 5.10. The van der Waals surface area contributed by atoms with E-state index < -0.39 is 5.82 Å². The predicted octanol–water partition coefficient (Wildman–Crippen LogP) is 3.24. The van der Waals surface area contributed by atoms with Crippen molar-refractivity contribution >= 4 is 27.5 Å². The lowest BCUT2D eigenvalue weighted by atomic mass is 10.3. The van der Waals surface area contributed by atoms with Crippen LogP contribution in [0.25, 0.3) is 0 Å². The maximum Gasteiger partial charge on any atom is 0.145 e. The van der Waals surface area contributed by atoms with E-state index >= 15 is 0 Å². The standard InChI is InChI=1S/C12H16BrClFNO2/c1-8(7-16-3-4-17-2)18-12-6-11(15)10(14)5-9(12)13/h5-6,8,16H,3-4,7H2,1-2H3. The molecule has 0 aliphatic rings. The molecule has 1 unspecified atom stereocenters. The van der Waals surface area contributed by atoms with Gasteiger partial charge in [-0.15, -0.1) is 0 Å². The van der Waals surface area contributed by atoms with Crippen LogP contribution in [0.1, 0.15) is 6.92 Å². The van der Waals surface area contributed by atoms with Crippen LogP contribution in [0.4, 0.5) is 4.39 Å². The fourth-order valence-electron chi connectivity index (χ4n) is 1.33. The van der Waals surface area contributed by atoms with Gasteiger partial charge in [0.15, 0.2) is 0 Å². The molecule has 0 bridgehead atoms. The molecule has 0 spiro atoms. The van der Waals surface area contributed by atoms with Crippen LogP contribution in [0.5, 0.6) is 5.75 Å². The van der Waals surface area contributed by atoms with Gasteiger partial charge in [-0.05, 0) is 28.9 Å². The molecule has 0 heterocycles. The van der Waals surface area contributed by atoms with Crippen LogP contribution in [-0.4, -0.2) is 32.9 Å². The maximum absolute atomic E-state index is 13.3. The van der Waals surface area contributed by atoms with E-state index in [2.05, 4.69) is 21.2 Å². The highest BCUT2D eigenvalue weighted by Crippen LogP contribution is 2.31. The normalized spacial score (nSPS) is 12.5. The number of rotatable bonds is 7. The Balaban J connectivity index is 2.48. The topological polar surface area (TPSA) is 30.5 Å². The summed E-state index contributed by atoms with van der Waals surface area (Å²) in [5.41, 5.74) is 0. The third-order valence-electron chi connectivity index (χ3n) is 2.22. The van der Waals surface area contributed by atoms with Gasteiger partial charge in [0, 0.05) is 26.3 Å². The molecule has 1 rings (SSSR count). The summed E-state index contributed by atoms with van der Waals surface area (Å²) in [5, 5.41) is 3.24. The third-order valence-corrected chi connectivity index (χ3v) is 3.13. The predicted molar refractivity (Wildman–Crippen MR) is 73.9 cm³/mol. The van der Waals surface area contributed by atoms with Gasteiger partial charge in [-0.25, -0.2) is 4.39 Å². The van der Waals surface area contributed by atoms with Gasteiger partial charge in [0.1, 0.15) is 17.7 Å². The Bertz CT molecular complexity index is 393. The number of hydrogen-bond donors (Lipinski definition) is 1. The molecule has 0 aliphatic heterocycles. The quantitative estimate of drug-likeness (QED) is 0.610. The molecule has 1 aromatic carbocycles. The number of halogens is 3. The van der Waals surface area contributed by atoms with Crippen LogP contribution in [0.2, 0.25) is 5.02 Å². The van der Waals surface area contributed by atoms with E-state index in [1.165, 1.54) is 12.1 Å². The Kier molecular flexibility index (Phi) is 6.92. The lowest BCUT2D eigenvalue weighted by Gasteiger charge is -2.16. The van der Waals surface area contributed by atoms with Crippen molar-refractivity contribution in [1.82, 2.24) is 5.32 Å². The fraction of sp³-hybridized carbons (Fsp3) is 0.500. The molecule has 0 radical (unpaired) electrons. The first-order valence-electron chi connectivity index (χ1n) is 5.55. The highest BCUT2D eigenvalue weighted by molar-refractivity contribution is 9.10. The second-order valence-corrected chi connectivity index (χ2v) is 5.08. The van der Waals surface area contributed by atoms with Crippen LogP contribution >= 0.6 is 27.5 Å². The minimum Gasteiger partial charge on any atom is -0.488 e. The van der Waals surface area contributed by atoms with E-state index in [1.54, 1.807) is 7.11 Å². The first-order chi connectivity index (χ1) is 8.54. The van der Waals surface area contributed by atoms with Gasteiger partial charge in [0.2, 0.25) is 0 Å². The minimum atomic E-state index is -0.491. The first kappa shape index (κ1) is 15.7. The maximum atomic E-state index is 13.3. The summed E-state index contributed by atoms with van der Waals surface area (Å²) in [6, 6.07) is 2.76. The van der Waals surface area contributed by atoms with Gasteiger partial charge in [-0.1, -0.05) is 11.6 Å². The fourth-order valence-corrected chi connectivity index (χ4v) is 2.06. The molecule has 0 saturated heterocycles. The molecule has 18 heavy (non-hydrogen) atoms. The van der Waals surface area contributed by atoms with E-state index in [4.69, 9.17) is 21.1 Å². The van der Waals surface area contributed by atoms with Crippen LogP contribution in [0, 0.1) is 5.82 Å². The summed E-state index contributed by atoms with van der Waals surface area (Å²) < 4.78 is 24.5. The highest BCUT2D eigenvalue weighted by atomic mass is 79.9. The lowest BCUT2D eigenvalue weighted by Crippen LogP contribution is -2.31. The smallest absolute Gasteiger partial charge is 0.145 e. The van der Waals surface area contributed by atoms with Gasteiger partial charge in [0.25, 0.3) is 0 Å². The Morgan fingerprint density at radius 2 is 2.22 bits per heavy atom. The van der Waals surface area contributed by atoms with Gasteiger partial charge >= 0.3 is 0 Å².